The molecule has 2 aromatic rings. The van der Waals surface area contributed by atoms with Crippen LogP contribution >= 0.6 is 0 Å². The fraction of sp³-hybridized carbons (Fsp3) is 0.455. The second-order valence-corrected chi connectivity index (χ2v) is 6.91. The Hall–Kier alpha value is -2.44. The molecule has 0 saturated carbocycles. The predicted octanol–water partition coefficient (Wildman–Crippen LogP) is 3.21. The molecule has 1 aliphatic rings. The number of benzene rings is 2. The van der Waals surface area contributed by atoms with Gasteiger partial charge in [-0.3, -0.25) is 0 Å². The number of aliphatic hydroxyl groups is 1. The van der Waals surface area contributed by atoms with E-state index >= 15 is 0 Å². The second kappa shape index (κ2) is 9.66. The van der Waals surface area contributed by atoms with E-state index in [0.29, 0.717) is 29.5 Å². The molecule has 6 nitrogen and oxygen atoms in total. The van der Waals surface area contributed by atoms with E-state index in [1.807, 2.05) is 36.4 Å². The van der Waals surface area contributed by atoms with Crippen molar-refractivity contribution in [3.63, 3.8) is 0 Å². The van der Waals surface area contributed by atoms with Gasteiger partial charge in [0.05, 0.1) is 26.9 Å². The van der Waals surface area contributed by atoms with E-state index in [0.717, 1.165) is 24.2 Å². The summed E-state index contributed by atoms with van der Waals surface area (Å²) in [6.07, 6.45) is 1.87. The number of hydrogen-bond donors (Lipinski definition) is 1. The Labute approximate surface area is 166 Å². The second-order valence-electron chi connectivity index (χ2n) is 6.91. The van der Waals surface area contributed by atoms with Crippen LogP contribution in [0.1, 0.15) is 12.8 Å². The molecule has 2 aromatic carbocycles. The van der Waals surface area contributed by atoms with E-state index in [2.05, 4.69) is 4.90 Å². The Morgan fingerprint density at radius 2 is 1.57 bits per heavy atom. The summed E-state index contributed by atoms with van der Waals surface area (Å²) in [5.74, 6) is 2.69. The van der Waals surface area contributed by atoms with E-state index in [4.69, 9.17) is 18.9 Å². The maximum Gasteiger partial charge on any atom is 0.130 e. The minimum absolute atomic E-state index is 0.228. The topological polar surface area (TPSA) is 60.4 Å². The molecule has 152 valence electrons. The third kappa shape index (κ3) is 4.88. The van der Waals surface area contributed by atoms with Crippen LogP contribution in [0, 0.1) is 0 Å². The molecule has 3 rings (SSSR count). The lowest BCUT2D eigenvalue weighted by Crippen LogP contribution is -2.33. The van der Waals surface area contributed by atoms with Crippen molar-refractivity contribution in [1.82, 2.24) is 4.90 Å². The molecule has 0 bridgehead atoms. The Balaban J connectivity index is 1.81. The SMILES string of the molecule is COc1cc(OCC(O)CN2CCCC2)cc(-c2c(OC)cccc2OC)c1. The molecule has 0 aliphatic carbocycles. The van der Waals surface area contributed by atoms with Crippen LogP contribution in [-0.2, 0) is 0 Å². The number of nitrogens with zero attached hydrogens (tertiary/aromatic N) is 1. The van der Waals surface area contributed by atoms with Gasteiger partial charge in [-0.1, -0.05) is 6.07 Å². The maximum absolute atomic E-state index is 10.3. The summed E-state index contributed by atoms with van der Waals surface area (Å²) in [5.41, 5.74) is 1.69. The first-order chi connectivity index (χ1) is 13.6. The van der Waals surface area contributed by atoms with Crippen molar-refractivity contribution in [2.45, 2.75) is 18.9 Å². The number of aliphatic hydroxyl groups excluding tert-OH is 1. The van der Waals surface area contributed by atoms with Crippen molar-refractivity contribution >= 4 is 0 Å². The van der Waals surface area contributed by atoms with Gasteiger partial charge in [0.15, 0.2) is 0 Å². The number of ether oxygens (including phenoxy) is 4. The molecule has 1 unspecified atom stereocenters. The van der Waals surface area contributed by atoms with Gasteiger partial charge in [-0.05, 0) is 55.8 Å². The zero-order chi connectivity index (χ0) is 19.9. The largest absolute Gasteiger partial charge is 0.497 e. The van der Waals surface area contributed by atoms with Crippen molar-refractivity contribution < 1.29 is 24.1 Å². The number of β-amino-alcohol motifs (C(OH)–C–C–N with tert-alkyl or cyclic N) is 1. The lowest BCUT2D eigenvalue weighted by atomic mass is 10.0. The zero-order valence-electron chi connectivity index (χ0n) is 16.8. The first kappa shape index (κ1) is 20.3. The van der Waals surface area contributed by atoms with Crippen LogP contribution in [0.15, 0.2) is 36.4 Å². The summed E-state index contributed by atoms with van der Waals surface area (Å²) < 4.78 is 22.4. The maximum atomic E-state index is 10.3. The van der Waals surface area contributed by atoms with E-state index in [-0.39, 0.29) is 6.61 Å². The first-order valence-corrected chi connectivity index (χ1v) is 9.58. The molecule has 1 aliphatic heterocycles. The van der Waals surface area contributed by atoms with Crippen LogP contribution in [-0.4, -0.2) is 63.7 Å². The molecule has 1 N–H and O–H groups in total. The predicted molar refractivity (Wildman–Crippen MR) is 109 cm³/mol. The van der Waals surface area contributed by atoms with Crippen LogP contribution in [0.2, 0.25) is 0 Å². The smallest absolute Gasteiger partial charge is 0.130 e. The standard InChI is InChI=1S/C22H29NO5/c1-25-18-11-16(22-20(26-2)7-6-8-21(22)27-3)12-19(13-18)28-15-17(24)14-23-9-4-5-10-23/h6-8,11-13,17,24H,4-5,9-10,14-15H2,1-3H3. The average molecular weight is 387 g/mol. The lowest BCUT2D eigenvalue weighted by Gasteiger charge is -2.20. The molecular formula is C22H29NO5. The molecule has 1 atom stereocenters. The third-order valence-corrected chi connectivity index (χ3v) is 4.94. The minimum Gasteiger partial charge on any atom is -0.497 e. The monoisotopic (exact) mass is 387 g/mol. The molecule has 1 heterocycles. The molecule has 1 fully saturated rings. The Bertz CT molecular complexity index is 751. The quantitative estimate of drug-likeness (QED) is 0.713. The summed E-state index contributed by atoms with van der Waals surface area (Å²) in [6.45, 7) is 2.96. The van der Waals surface area contributed by atoms with Crippen LogP contribution < -0.4 is 18.9 Å². The van der Waals surface area contributed by atoms with Crippen LogP contribution in [0.25, 0.3) is 11.1 Å². The van der Waals surface area contributed by atoms with E-state index in [1.54, 1.807) is 21.3 Å². The Morgan fingerprint density at radius 1 is 0.929 bits per heavy atom. The summed E-state index contributed by atoms with van der Waals surface area (Å²) in [5, 5.41) is 10.3. The summed E-state index contributed by atoms with van der Waals surface area (Å²) >= 11 is 0. The Morgan fingerprint density at radius 3 is 2.18 bits per heavy atom. The van der Waals surface area contributed by atoms with Gasteiger partial charge in [0.2, 0.25) is 0 Å². The average Bonchev–Trinajstić information content (AvgIpc) is 3.24. The summed E-state index contributed by atoms with van der Waals surface area (Å²) in [4.78, 5) is 2.27. The highest BCUT2D eigenvalue weighted by molar-refractivity contribution is 5.78. The number of hydrogen-bond acceptors (Lipinski definition) is 6. The first-order valence-electron chi connectivity index (χ1n) is 9.58. The zero-order valence-corrected chi connectivity index (χ0v) is 16.8. The van der Waals surface area contributed by atoms with Crippen molar-refractivity contribution in [3.8, 4) is 34.1 Å². The third-order valence-electron chi connectivity index (χ3n) is 4.94. The van der Waals surface area contributed by atoms with E-state index in [1.165, 1.54) is 12.8 Å². The Kier molecular flexibility index (Phi) is 7.01. The summed E-state index contributed by atoms with van der Waals surface area (Å²) in [7, 11) is 4.87. The number of likely N-dealkylation sites (tertiary alicyclic amines) is 1. The van der Waals surface area contributed by atoms with Crippen molar-refractivity contribution in [1.29, 1.82) is 0 Å². The molecule has 1 saturated heterocycles. The van der Waals surface area contributed by atoms with Crippen molar-refractivity contribution in [2.24, 2.45) is 0 Å². The number of rotatable bonds is 9. The van der Waals surface area contributed by atoms with Crippen LogP contribution in [0.3, 0.4) is 0 Å². The highest BCUT2D eigenvalue weighted by atomic mass is 16.5. The van der Waals surface area contributed by atoms with Crippen LogP contribution in [0.5, 0.6) is 23.0 Å². The van der Waals surface area contributed by atoms with Crippen molar-refractivity contribution in [2.75, 3.05) is 47.6 Å². The minimum atomic E-state index is -0.534. The van der Waals surface area contributed by atoms with Gasteiger partial charge in [-0.2, -0.15) is 0 Å². The van der Waals surface area contributed by atoms with Gasteiger partial charge in [0.1, 0.15) is 35.7 Å². The fourth-order valence-corrected chi connectivity index (χ4v) is 3.56. The van der Waals surface area contributed by atoms with E-state index in [9.17, 15) is 5.11 Å². The lowest BCUT2D eigenvalue weighted by molar-refractivity contribution is 0.0757. The van der Waals surface area contributed by atoms with Gasteiger partial charge >= 0.3 is 0 Å². The highest BCUT2D eigenvalue weighted by Gasteiger charge is 2.18. The molecule has 0 radical (unpaired) electrons. The van der Waals surface area contributed by atoms with Crippen molar-refractivity contribution in [3.05, 3.63) is 36.4 Å². The normalized spacial score (nSPS) is 15.3. The molecule has 0 amide bonds. The van der Waals surface area contributed by atoms with Gasteiger partial charge in [0.25, 0.3) is 0 Å². The van der Waals surface area contributed by atoms with Gasteiger partial charge < -0.3 is 29.0 Å². The molecule has 0 spiro atoms. The van der Waals surface area contributed by atoms with Gasteiger partial charge in [-0.25, -0.2) is 0 Å². The summed E-state index contributed by atoms with van der Waals surface area (Å²) in [6, 6.07) is 11.3. The highest BCUT2D eigenvalue weighted by Crippen LogP contribution is 2.41. The van der Waals surface area contributed by atoms with Gasteiger partial charge in [-0.15, -0.1) is 0 Å². The van der Waals surface area contributed by atoms with Crippen LogP contribution in [0.4, 0.5) is 0 Å². The molecule has 6 heteroatoms. The number of methoxy groups -OCH3 is 3. The van der Waals surface area contributed by atoms with E-state index < -0.39 is 6.10 Å². The molecular weight excluding hydrogens is 358 g/mol. The van der Waals surface area contributed by atoms with Gasteiger partial charge in [0, 0.05) is 12.6 Å². The molecule has 0 aromatic heterocycles. The molecule has 28 heavy (non-hydrogen) atoms. The fourth-order valence-electron chi connectivity index (χ4n) is 3.56.